The highest BCUT2D eigenvalue weighted by Crippen LogP contribution is 2.22. The van der Waals surface area contributed by atoms with Gasteiger partial charge in [0, 0.05) is 35.2 Å². The van der Waals surface area contributed by atoms with Gasteiger partial charge in [-0.2, -0.15) is 0 Å². The highest BCUT2D eigenvalue weighted by atomic mass is 35.5. The van der Waals surface area contributed by atoms with Crippen molar-refractivity contribution in [3.63, 3.8) is 0 Å². The lowest BCUT2D eigenvalue weighted by Gasteiger charge is -2.26. The lowest BCUT2D eigenvalue weighted by Crippen LogP contribution is -2.37. The largest absolute Gasteiger partial charge is 0.489 e. The van der Waals surface area contributed by atoms with Crippen LogP contribution in [0.3, 0.4) is 0 Å². The van der Waals surface area contributed by atoms with Crippen LogP contribution in [-0.4, -0.2) is 44.3 Å². The molecule has 146 valence electrons. The van der Waals surface area contributed by atoms with Crippen LogP contribution in [-0.2, 0) is 17.9 Å². The van der Waals surface area contributed by atoms with Crippen LogP contribution < -0.4 is 10.1 Å². The number of rotatable bonds is 9. The van der Waals surface area contributed by atoms with E-state index < -0.39 is 0 Å². The van der Waals surface area contributed by atoms with Crippen molar-refractivity contribution in [1.29, 1.82) is 0 Å². The van der Waals surface area contributed by atoms with Crippen LogP contribution in [0.2, 0.25) is 10.0 Å². The van der Waals surface area contributed by atoms with E-state index in [0.717, 1.165) is 63.7 Å². The van der Waals surface area contributed by atoms with E-state index in [-0.39, 0.29) is 0 Å². The SMILES string of the molecule is Clc1ccc(COc2ccc(CNCCCN3CCOCC3)cc2)c(Cl)c1. The van der Waals surface area contributed by atoms with E-state index in [1.807, 2.05) is 24.3 Å². The third kappa shape index (κ3) is 6.98. The Morgan fingerprint density at radius 3 is 2.56 bits per heavy atom. The summed E-state index contributed by atoms with van der Waals surface area (Å²) in [4.78, 5) is 2.46. The van der Waals surface area contributed by atoms with Crippen molar-refractivity contribution in [1.82, 2.24) is 10.2 Å². The van der Waals surface area contributed by atoms with Crippen LogP contribution in [0.4, 0.5) is 0 Å². The van der Waals surface area contributed by atoms with Crippen molar-refractivity contribution in [2.24, 2.45) is 0 Å². The van der Waals surface area contributed by atoms with Crippen molar-refractivity contribution < 1.29 is 9.47 Å². The molecule has 4 nitrogen and oxygen atoms in total. The minimum absolute atomic E-state index is 0.426. The summed E-state index contributed by atoms with van der Waals surface area (Å²) in [6.07, 6.45) is 1.16. The van der Waals surface area contributed by atoms with Gasteiger partial charge in [-0.3, -0.25) is 4.90 Å². The van der Waals surface area contributed by atoms with Gasteiger partial charge in [0.15, 0.2) is 0 Å². The summed E-state index contributed by atoms with van der Waals surface area (Å²) in [5.74, 6) is 0.831. The third-order valence-electron chi connectivity index (χ3n) is 4.59. The lowest BCUT2D eigenvalue weighted by molar-refractivity contribution is 0.0374. The molecule has 1 aliphatic rings. The number of nitrogens with zero attached hydrogens (tertiary/aromatic N) is 1. The van der Waals surface area contributed by atoms with Crippen LogP contribution in [0, 0.1) is 0 Å². The van der Waals surface area contributed by atoms with E-state index in [0.29, 0.717) is 16.7 Å². The number of hydrogen-bond donors (Lipinski definition) is 1. The van der Waals surface area contributed by atoms with Crippen molar-refractivity contribution in [3.8, 4) is 5.75 Å². The Kier molecular flexibility index (Phi) is 8.24. The molecule has 1 heterocycles. The first-order valence-electron chi connectivity index (χ1n) is 9.37. The Bertz CT molecular complexity index is 704. The average Bonchev–Trinajstić information content (AvgIpc) is 2.69. The van der Waals surface area contributed by atoms with Gasteiger partial charge >= 0.3 is 0 Å². The zero-order valence-electron chi connectivity index (χ0n) is 15.4. The van der Waals surface area contributed by atoms with Gasteiger partial charge in [0.1, 0.15) is 12.4 Å². The molecule has 0 saturated carbocycles. The van der Waals surface area contributed by atoms with Gasteiger partial charge in [-0.15, -0.1) is 0 Å². The molecule has 0 bridgehead atoms. The Hall–Kier alpha value is -1.30. The maximum absolute atomic E-state index is 6.17. The van der Waals surface area contributed by atoms with E-state index in [4.69, 9.17) is 32.7 Å². The average molecular weight is 409 g/mol. The number of nitrogens with one attached hydrogen (secondary N) is 1. The highest BCUT2D eigenvalue weighted by Gasteiger charge is 2.09. The van der Waals surface area contributed by atoms with Crippen LogP contribution in [0.15, 0.2) is 42.5 Å². The first-order chi connectivity index (χ1) is 13.2. The summed E-state index contributed by atoms with van der Waals surface area (Å²) >= 11 is 12.1. The summed E-state index contributed by atoms with van der Waals surface area (Å²) in [6.45, 7) is 7.30. The number of halogens is 2. The number of ether oxygens (including phenoxy) is 2. The Morgan fingerprint density at radius 1 is 1.04 bits per heavy atom. The van der Waals surface area contributed by atoms with E-state index in [1.165, 1.54) is 5.56 Å². The molecule has 1 saturated heterocycles. The van der Waals surface area contributed by atoms with Crippen molar-refractivity contribution in [2.75, 3.05) is 39.4 Å². The Balaban J connectivity index is 1.34. The molecule has 6 heteroatoms. The molecular formula is C21H26Cl2N2O2. The van der Waals surface area contributed by atoms with Crippen molar-refractivity contribution >= 4 is 23.2 Å². The molecule has 2 aromatic rings. The minimum Gasteiger partial charge on any atom is -0.489 e. The van der Waals surface area contributed by atoms with Gasteiger partial charge in [0.05, 0.1) is 13.2 Å². The fraction of sp³-hybridized carbons (Fsp3) is 0.429. The Morgan fingerprint density at radius 2 is 1.81 bits per heavy atom. The minimum atomic E-state index is 0.426. The smallest absolute Gasteiger partial charge is 0.119 e. The molecule has 3 rings (SSSR count). The molecule has 27 heavy (non-hydrogen) atoms. The van der Waals surface area contributed by atoms with Crippen LogP contribution in [0.5, 0.6) is 5.75 Å². The molecule has 1 aliphatic heterocycles. The standard InChI is InChI=1S/C21H26Cl2N2O2/c22-19-5-4-18(21(23)14-19)16-27-20-6-2-17(3-7-20)15-24-8-1-9-25-10-12-26-13-11-25/h2-7,14,24H,1,8-13,15-16H2. The maximum atomic E-state index is 6.17. The molecule has 0 aliphatic carbocycles. The van der Waals surface area contributed by atoms with Gasteiger partial charge in [-0.1, -0.05) is 41.4 Å². The molecule has 0 atom stereocenters. The Labute approximate surface area is 171 Å². The van der Waals surface area contributed by atoms with Gasteiger partial charge in [0.25, 0.3) is 0 Å². The van der Waals surface area contributed by atoms with Gasteiger partial charge in [0.2, 0.25) is 0 Å². The van der Waals surface area contributed by atoms with Crippen LogP contribution in [0.1, 0.15) is 17.5 Å². The van der Waals surface area contributed by atoms with E-state index in [2.05, 4.69) is 22.3 Å². The summed E-state index contributed by atoms with van der Waals surface area (Å²) in [5.41, 5.74) is 2.17. The fourth-order valence-corrected chi connectivity index (χ4v) is 3.45. The molecule has 0 amide bonds. The number of hydrogen-bond acceptors (Lipinski definition) is 4. The van der Waals surface area contributed by atoms with E-state index >= 15 is 0 Å². The highest BCUT2D eigenvalue weighted by molar-refractivity contribution is 6.35. The predicted molar refractivity (Wildman–Crippen MR) is 111 cm³/mol. The molecule has 0 aromatic heterocycles. The lowest BCUT2D eigenvalue weighted by atomic mass is 10.2. The number of benzene rings is 2. The second-order valence-corrected chi connectivity index (χ2v) is 7.50. The molecule has 2 aromatic carbocycles. The van der Waals surface area contributed by atoms with Crippen LogP contribution in [0.25, 0.3) is 0 Å². The fourth-order valence-electron chi connectivity index (χ4n) is 2.99. The molecule has 1 N–H and O–H groups in total. The zero-order valence-corrected chi connectivity index (χ0v) is 16.9. The third-order valence-corrected chi connectivity index (χ3v) is 5.18. The summed E-state index contributed by atoms with van der Waals surface area (Å²) < 4.78 is 11.2. The van der Waals surface area contributed by atoms with Gasteiger partial charge < -0.3 is 14.8 Å². The zero-order chi connectivity index (χ0) is 18.9. The summed E-state index contributed by atoms with van der Waals surface area (Å²) in [5, 5.41) is 4.76. The second kappa shape index (κ2) is 10.9. The molecule has 1 fully saturated rings. The predicted octanol–water partition coefficient (Wildman–Crippen LogP) is 4.38. The monoisotopic (exact) mass is 408 g/mol. The van der Waals surface area contributed by atoms with Crippen molar-refractivity contribution in [3.05, 3.63) is 63.6 Å². The maximum Gasteiger partial charge on any atom is 0.119 e. The summed E-state index contributed by atoms with van der Waals surface area (Å²) in [6, 6.07) is 13.6. The van der Waals surface area contributed by atoms with E-state index in [9.17, 15) is 0 Å². The second-order valence-electron chi connectivity index (χ2n) is 6.65. The van der Waals surface area contributed by atoms with Crippen molar-refractivity contribution in [2.45, 2.75) is 19.6 Å². The number of morpholine rings is 1. The first kappa shape index (κ1) is 20.4. The van der Waals surface area contributed by atoms with Gasteiger partial charge in [-0.25, -0.2) is 0 Å². The van der Waals surface area contributed by atoms with Gasteiger partial charge in [-0.05, 0) is 49.3 Å². The quantitative estimate of drug-likeness (QED) is 0.623. The first-order valence-corrected chi connectivity index (χ1v) is 10.1. The van der Waals surface area contributed by atoms with E-state index in [1.54, 1.807) is 6.07 Å². The molecular weight excluding hydrogens is 383 g/mol. The molecule has 0 unspecified atom stereocenters. The molecule has 0 spiro atoms. The normalized spacial score (nSPS) is 15.0. The topological polar surface area (TPSA) is 33.7 Å². The summed E-state index contributed by atoms with van der Waals surface area (Å²) in [7, 11) is 0. The van der Waals surface area contributed by atoms with Crippen LogP contribution >= 0.6 is 23.2 Å². The molecule has 0 radical (unpaired) electrons.